The summed E-state index contributed by atoms with van der Waals surface area (Å²) < 4.78 is 14.1. The van der Waals surface area contributed by atoms with E-state index < -0.39 is 22.7 Å². The zero-order valence-electron chi connectivity index (χ0n) is 18.5. The molecule has 1 aliphatic rings. The zero-order valence-corrected chi connectivity index (χ0v) is 18.5. The van der Waals surface area contributed by atoms with Gasteiger partial charge in [-0.1, -0.05) is 38.1 Å². The van der Waals surface area contributed by atoms with Crippen LogP contribution in [0.3, 0.4) is 0 Å². The molecule has 1 saturated carbocycles. The summed E-state index contributed by atoms with van der Waals surface area (Å²) in [6.45, 7) is 8.48. The first-order valence-corrected chi connectivity index (χ1v) is 10.7. The maximum atomic E-state index is 14.1. The summed E-state index contributed by atoms with van der Waals surface area (Å²) in [4.78, 5) is 11.5. The largest absolute Gasteiger partial charge is 0.386 e. The van der Waals surface area contributed by atoms with E-state index in [1.165, 1.54) is 25.0 Å². The Labute approximate surface area is 179 Å². The van der Waals surface area contributed by atoms with Crippen molar-refractivity contribution in [3.8, 4) is 0 Å². The van der Waals surface area contributed by atoms with Gasteiger partial charge in [0.2, 0.25) is 5.91 Å². The third kappa shape index (κ3) is 5.67. The van der Waals surface area contributed by atoms with Crippen molar-refractivity contribution in [1.29, 1.82) is 0 Å². The molecule has 1 aliphatic carbocycles. The van der Waals surface area contributed by atoms with E-state index in [4.69, 9.17) is 11.5 Å². The van der Waals surface area contributed by atoms with Crippen molar-refractivity contribution in [3.63, 3.8) is 0 Å². The molecule has 2 aromatic rings. The van der Waals surface area contributed by atoms with E-state index >= 15 is 0 Å². The molecule has 0 atom stereocenters. The minimum Gasteiger partial charge on any atom is -0.386 e. The molecule has 164 valence electrons. The highest BCUT2D eigenvalue weighted by molar-refractivity contribution is 5.93. The first-order chi connectivity index (χ1) is 14.1. The number of primary amides is 1. The van der Waals surface area contributed by atoms with Crippen molar-refractivity contribution >= 4 is 5.91 Å². The van der Waals surface area contributed by atoms with Gasteiger partial charge >= 0.3 is 0 Å². The van der Waals surface area contributed by atoms with E-state index in [0.717, 1.165) is 42.0 Å². The minimum absolute atomic E-state index is 0.175. The van der Waals surface area contributed by atoms with Crippen LogP contribution in [-0.4, -0.2) is 17.6 Å². The fraction of sp³-hybridized carbons (Fsp3) is 0.480. The van der Waals surface area contributed by atoms with Gasteiger partial charge in [0.05, 0.1) is 5.60 Å². The third-order valence-electron chi connectivity index (χ3n) is 6.12. The number of halogens is 1. The van der Waals surface area contributed by atoms with Gasteiger partial charge in [0, 0.05) is 11.0 Å². The topological polar surface area (TPSA) is 89.3 Å². The van der Waals surface area contributed by atoms with E-state index in [0.29, 0.717) is 0 Å². The number of rotatable bonds is 7. The SMILES string of the molecule is CCC(CC)(c1ccc(C(C)(C)O)cc1)c1cc(F)cc(C(N)=O)c1.NCC1CC1. The quantitative estimate of drug-likeness (QED) is 0.618. The van der Waals surface area contributed by atoms with Crippen molar-refractivity contribution < 1.29 is 14.3 Å². The summed E-state index contributed by atoms with van der Waals surface area (Å²) in [5.74, 6) is -0.195. The summed E-state index contributed by atoms with van der Waals surface area (Å²) in [7, 11) is 0. The van der Waals surface area contributed by atoms with Gasteiger partial charge in [0.15, 0.2) is 0 Å². The van der Waals surface area contributed by atoms with Crippen LogP contribution in [0.15, 0.2) is 42.5 Å². The second-order valence-corrected chi connectivity index (χ2v) is 8.70. The van der Waals surface area contributed by atoms with E-state index in [1.54, 1.807) is 19.9 Å². The summed E-state index contributed by atoms with van der Waals surface area (Å²) >= 11 is 0. The van der Waals surface area contributed by atoms with Gasteiger partial charge in [-0.2, -0.15) is 0 Å². The molecular formula is C25H35FN2O2. The number of aliphatic hydroxyl groups is 1. The van der Waals surface area contributed by atoms with Crippen molar-refractivity contribution in [1.82, 2.24) is 0 Å². The summed E-state index contributed by atoms with van der Waals surface area (Å²) in [5, 5.41) is 10.1. The van der Waals surface area contributed by atoms with E-state index in [1.807, 2.05) is 38.1 Å². The fourth-order valence-corrected chi connectivity index (χ4v) is 3.79. The number of carbonyl (C=O) groups is 1. The van der Waals surface area contributed by atoms with E-state index in [-0.39, 0.29) is 5.56 Å². The lowest BCUT2D eigenvalue weighted by molar-refractivity contribution is 0.0785. The van der Waals surface area contributed by atoms with Crippen LogP contribution < -0.4 is 11.5 Å². The fourth-order valence-electron chi connectivity index (χ4n) is 3.79. The first-order valence-electron chi connectivity index (χ1n) is 10.7. The van der Waals surface area contributed by atoms with Crippen molar-refractivity contribution in [2.24, 2.45) is 17.4 Å². The number of benzene rings is 2. The highest BCUT2D eigenvalue weighted by Gasteiger charge is 2.32. The van der Waals surface area contributed by atoms with Crippen LogP contribution in [0.2, 0.25) is 0 Å². The normalized spacial score (nSPS) is 14.1. The summed E-state index contributed by atoms with van der Waals surface area (Å²) in [5.41, 5.74) is 12.0. The Bertz CT molecular complexity index is 848. The van der Waals surface area contributed by atoms with Crippen LogP contribution in [-0.2, 0) is 11.0 Å². The predicted molar refractivity (Wildman–Crippen MR) is 120 cm³/mol. The van der Waals surface area contributed by atoms with Gasteiger partial charge in [0.25, 0.3) is 0 Å². The number of nitrogens with two attached hydrogens (primary N) is 2. The van der Waals surface area contributed by atoms with Crippen LogP contribution >= 0.6 is 0 Å². The van der Waals surface area contributed by atoms with Gasteiger partial charge in [-0.3, -0.25) is 4.79 Å². The Kier molecular flexibility index (Phi) is 7.78. The molecule has 1 amide bonds. The number of hydrogen-bond donors (Lipinski definition) is 3. The molecule has 1 fully saturated rings. The van der Waals surface area contributed by atoms with Crippen LogP contribution in [0.1, 0.15) is 80.4 Å². The minimum atomic E-state index is -0.919. The maximum absolute atomic E-state index is 14.1. The molecule has 4 nitrogen and oxygen atoms in total. The van der Waals surface area contributed by atoms with Crippen molar-refractivity contribution in [2.45, 2.75) is 64.4 Å². The van der Waals surface area contributed by atoms with Crippen LogP contribution in [0, 0.1) is 11.7 Å². The zero-order chi connectivity index (χ0) is 22.5. The lowest BCUT2D eigenvalue weighted by atomic mass is 9.70. The van der Waals surface area contributed by atoms with Gasteiger partial charge in [-0.25, -0.2) is 4.39 Å². The molecule has 0 aromatic heterocycles. The van der Waals surface area contributed by atoms with Crippen molar-refractivity contribution in [2.75, 3.05) is 6.54 Å². The molecule has 0 aliphatic heterocycles. The molecule has 0 bridgehead atoms. The highest BCUT2D eigenvalue weighted by Crippen LogP contribution is 2.40. The maximum Gasteiger partial charge on any atom is 0.248 e. The number of amides is 1. The second kappa shape index (κ2) is 9.71. The molecule has 5 N–H and O–H groups in total. The van der Waals surface area contributed by atoms with E-state index in [9.17, 15) is 14.3 Å². The highest BCUT2D eigenvalue weighted by atomic mass is 19.1. The first kappa shape index (κ1) is 24.0. The predicted octanol–water partition coefficient (Wildman–Crippen LogP) is 4.61. The third-order valence-corrected chi connectivity index (χ3v) is 6.12. The Morgan fingerprint density at radius 2 is 1.57 bits per heavy atom. The number of carbonyl (C=O) groups excluding carboxylic acids is 1. The molecule has 5 heteroatoms. The van der Waals surface area contributed by atoms with Gasteiger partial charge in [-0.05, 0) is 86.9 Å². The molecule has 0 heterocycles. The molecule has 3 rings (SSSR count). The Morgan fingerprint density at radius 1 is 1.03 bits per heavy atom. The second-order valence-electron chi connectivity index (χ2n) is 8.70. The van der Waals surface area contributed by atoms with E-state index in [2.05, 4.69) is 0 Å². The Balaban J connectivity index is 0.000000558. The van der Waals surface area contributed by atoms with Crippen LogP contribution in [0.5, 0.6) is 0 Å². The molecule has 0 spiro atoms. The van der Waals surface area contributed by atoms with Gasteiger partial charge in [0.1, 0.15) is 5.82 Å². The molecule has 0 saturated heterocycles. The molecular weight excluding hydrogens is 379 g/mol. The average molecular weight is 415 g/mol. The Hall–Kier alpha value is -2.24. The molecule has 0 radical (unpaired) electrons. The van der Waals surface area contributed by atoms with Crippen LogP contribution in [0.25, 0.3) is 0 Å². The van der Waals surface area contributed by atoms with Gasteiger partial charge < -0.3 is 16.6 Å². The van der Waals surface area contributed by atoms with Crippen LogP contribution in [0.4, 0.5) is 4.39 Å². The standard InChI is InChI=1S/C21H26FNO2.C4H9N/c1-5-21(6-2,16-9-7-15(8-10-16)20(3,4)25)17-11-14(19(23)24)12-18(22)13-17;5-3-4-1-2-4/h7-13,25H,5-6H2,1-4H3,(H2,23,24);4H,1-3,5H2. The monoisotopic (exact) mass is 414 g/mol. The lowest BCUT2D eigenvalue weighted by Gasteiger charge is -2.34. The smallest absolute Gasteiger partial charge is 0.248 e. The Morgan fingerprint density at radius 3 is 1.93 bits per heavy atom. The lowest BCUT2D eigenvalue weighted by Crippen LogP contribution is -2.27. The summed E-state index contributed by atoms with van der Waals surface area (Å²) in [6.07, 6.45) is 4.26. The summed E-state index contributed by atoms with van der Waals surface area (Å²) in [6, 6.07) is 12.0. The average Bonchev–Trinajstić information content (AvgIpc) is 3.54. The molecule has 30 heavy (non-hydrogen) atoms. The van der Waals surface area contributed by atoms with Crippen molar-refractivity contribution in [3.05, 3.63) is 70.5 Å². The van der Waals surface area contributed by atoms with Gasteiger partial charge in [-0.15, -0.1) is 0 Å². The molecule has 0 unspecified atom stereocenters. The number of hydrogen-bond acceptors (Lipinski definition) is 3. The molecule has 2 aromatic carbocycles.